The zero-order valence-electron chi connectivity index (χ0n) is 9.76. The van der Waals surface area contributed by atoms with E-state index >= 15 is 0 Å². The molecule has 1 N–H and O–H groups in total. The number of aliphatic hydroxyl groups excluding tert-OH is 1. The van der Waals surface area contributed by atoms with Crippen LogP contribution in [0.15, 0.2) is 49.1 Å². The van der Waals surface area contributed by atoms with Gasteiger partial charge in [-0.25, -0.2) is 0 Å². The standard InChI is InChI=1S/C16H16O/c1-2-11-7-14-8-12-5-3-4-6-13(12)9-15(14)10-16(11)17/h2-6,8-9,11,16-17H,1,7,10H2/t11-,16+/m0/s1. The summed E-state index contributed by atoms with van der Waals surface area (Å²) in [6.07, 6.45) is 3.26. The molecule has 0 heterocycles. The summed E-state index contributed by atoms with van der Waals surface area (Å²) in [6, 6.07) is 12.9. The topological polar surface area (TPSA) is 20.2 Å². The summed E-state index contributed by atoms with van der Waals surface area (Å²) in [6.45, 7) is 3.81. The number of fused-ring (bicyclic) bond motifs is 2. The van der Waals surface area contributed by atoms with Crippen LogP contribution in [0.4, 0.5) is 0 Å². The molecule has 0 bridgehead atoms. The van der Waals surface area contributed by atoms with Crippen molar-refractivity contribution in [3.63, 3.8) is 0 Å². The highest BCUT2D eigenvalue weighted by Gasteiger charge is 2.24. The Labute approximate surface area is 101 Å². The van der Waals surface area contributed by atoms with Crippen molar-refractivity contribution in [2.75, 3.05) is 0 Å². The Morgan fingerprint density at radius 1 is 1.06 bits per heavy atom. The summed E-state index contributed by atoms with van der Waals surface area (Å²) in [7, 11) is 0. The highest BCUT2D eigenvalue weighted by molar-refractivity contribution is 5.84. The average Bonchev–Trinajstić information content (AvgIpc) is 2.35. The molecule has 0 radical (unpaired) electrons. The van der Waals surface area contributed by atoms with E-state index in [-0.39, 0.29) is 12.0 Å². The molecule has 0 saturated heterocycles. The molecule has 0 saturated carbocycles. The molecule has 0 spiro atoms. The Balaban J connectivity index is 2.13. The monoisotopic (exact) mass is 224 g/mol. The van der Waals surface area contributed by atoms with E-state index in [1.807, 2.05) is 6.08 Å². The smallest absolute Gasteiger partial charge is 0.0646 e. The summed E-state index contributed by atoms with van der Waals surface area (Å²) in [5, 5.41) is 12.6. The van der Waals surface area contributed by atoms with Gasteiger partial charge in [0.05, 0.1) is 6.10 Å². The molecule has 0 aliphatic heterocycles. The van der Waals surface area contributed by atoms with Gasteiger partial charge in [0.1, 0.15) is 0 Å². The summed E-state index contributed by atoms with van der Waals surface area (Å²) in [5.41, 5.74) is 2.65. The second-order valence-corrected chi connectivity index (χ2v) is 4.84. The maximum atomic E-state index is 10.0. The van der Waals surface area contributed by atoms with Crippen LogP contribution >= 0.6 is 0 Å². The fourth-order valence-electron chi connectivity index (χ4n) is 2.72. The molecule has 1 aliphatic carbocycles. The van der Waals surface area contributed by atoms with Gasteiger partial charge in [-0.15, -0.1) is 6.58 Å². The third-order valence-corrected chi connectivity index (χ3v) is 3.75. The van der Waals surface area contributed by atoms with Crippen LogP contribution in [0.2, 0.25) is 0 Å². The molecule has 86 valence electrons. The van der Waals surface area contributed by atoms with E-state index in [4.69, 9.17) is 0 Å². The van der Waals surface area contributed by atoms with Crippen LogP contribution in [0.5, 0.6) is 0 Å². The largest absolute Gasteiger partial charge is 0.392 e. The average molecular weight is 224 g/mol. The van der Waals surface area contributed by atoms with E-state index < -0.39 is 0 Å². The van der Waals surface area contributed by atoms with Crippen LogP contribution in [-0.2, 0) is 12.8 Å². The fourth-order valence-corrected chi connectivity index (χ4v) is 2.72. The quantitative estimate of drug-likeness (QED) is 0.738. The van der Waals surface area contributed by atoms with E-state index in [2.05, 4.69) is 43.0 Å². The maximum absolute atomic E-state index is 10.0. The van der Waals surface area contributed by atoms with Gasteiger partial charge in [0.15, 0.2) is 0 Å². The SMILES string of the molecule is C=C[C@H]1Cc2cc3ccccc3cc2C[C@H]1O. The first kappa shape index (κ1) is 10.5. The van der Waals surface area contributed by atoms with Crippen LogP contribution in [-0.4, -0.2) is 11.2 Å². The molecule has 0 amide bonds. The Hall–Kier alpha value is -1.60. The molecule has 1 aliphatic rings. The highest BCUT2D eigenvalue weighted by atomic mass is 16.3. The maximum Gasteiger partial charge on any atom is 0.0646 e. The van der Waals surface area contributed by atoms with Gasteiger partial charge in [0.25, 0.3) is 0 Å². The Morgan fingerprint density at radius 2 is 1.65 bits per heavy atom. The van der Waals surface area contributed by atoms with Crippen molar-refractivity contribution >= 4 is 10.8 Å². The normalized spacial score (nSPS) is 23.4. The number of benzene rings is 2. The van der Waals surface area contributed by atoms with E-state index in [9.17, 15) is 5.11 Å². The minimum atomic E-state index is -0.277. The number of aliphatic hydroxyl groups is 1. The van der Waals surface area contributed by atoms with E-state index in [0.29, 0.717) is 0 Å². The van der Waals surface area contributed by atoms with Gasteiger partial charge in [-0.05, 0) is 34.7 Å². The fraction of sp³-hybridized carbons (Fsp3) is 0.250. The molecule has 17 heavy (non-hydrogen) atoms. The lowest BCUT2D eigenvalue weighted by Crippen LogP contribution is -2.28. The Bertz CT molecular complexity index is 571. The first-order valence-corrected chi connectivity index (χ1v) is 6.09. The summed E-state index contributed by atoms with van der Waals surface area (Å²) in [5.74, 6) is 0.198. The summed E-state index contributed by atoms with van der Waals surface area (Å²) < 4.78 is 0. The molecule has 0 unspecified atom stereocenters. The summed E-state index contributed by atoms with van der Waals surface area (Å²) in [4.78, 5) is 0. The number of rotatable bonds is 1. The zero-order chi connectivity index (χ0) is 11.8. The lowest BCUT2D eigenvalue weighted by molar-refractivity contribution is 0.123. The van der Waals surface area contributed by atoms with Crippen molar-refractivity contribution in [2.24, 2.45) is 5.92 Å². The predicted octanol–water partition coefficient (Wildman–Crippen LogP) is 3.10. The van der Waals surface area contributed by atoms with E-state index in [1.165, 1.54) is 21.9 Å². The molecule has 2 aromatic carbocycles. The van der Waals surface area contributed by atoms with Crippen molar-refractivity contribution in [3.8, 4) is 0 Å². The van der Waals surface area contributed by atoms with Gasteiger partial charge in [-0.1, -0.05) is 42.5 Å². The van der Waals surface area contributed by atoms with E-state index in [0.717, 1.165) is 12.8 Å². The van der Waals surface area contributed by atoms with E-state index in [1.54, 1.807) is 0 Å². The lowest BCUT2D eigenvalue weighted by atomic mass is 9.81. The van der Waals surface area contributed by atoms with Gasteiger partial charge < -0.3 is 5.11 Å². The zero-order valence-corrected chi connectivity index (χ0v) is 9.76. The highest BCUT2D eigenvalue weighted by Crippen LogP contribution is 2.30. The molecule has 3 rings (SSSR count). The lowest BCUT2D eigenvalue weighted by Gasteiger charge is -2.27. The molecule has 1 nitrogen and oxygen atoms in total. The minimum Gasteiger partial charge on any atom is -0.392 e. The molecule has 2 aromatic rings. The summed E-state index contributed by atoms with van der Waals surface area (Å²) >= 11 is 0. The second kappa shape index (κ2) is 4.01. The first-order chi connectivity index (χ1) is 8.28. The van der Waals surface area contributed by atoms with Gasteiger partial charge in [-0.3, -0.25) is 0 Å². The third-order valence-electron chi connectivity index (χ3n) is 3.75. The Kier molecular flexibility index (Phi) is 2.49. The molecule has 0 aromatic heterocycles. The van der Waals surface area contributed by atoms with Gasteiger partial charge in [-0.2, -0.15) is 0 Å². The van der Waals surface area contributed by atoms with Crippen molar-refractivity contribution in [2.45, 2.75) is 18.9 Å². The molecule has 0 fully saturated rings. The van der Waals surface area contributed by atoms with Gasteiger partial charge >= 0.3 is 0 Å². The number of hydrogen-bond acceptors (Lipinski definition) is 1. The van der Waals surface area contributed by atoms with Crippen LogP contribution in [0.25, 0.3) is 10.8 Å². The van der Waals surface area contributed by atoms with Crippen molar-refractivity contribution in [1.29, 1.82) is 0 Å². The van der Waals surface area contributed by atoms with Crippen LogP contribution in [0, 0.1) is 5.92 Å². The van der Waals surface area contributed by atoms with Crippen LogP contribution in [0.3, 0.4) is 0 Å². The van der Waals surface area contributed by atoms with Gasteiger partial charge in [0.2, 0.25) is 0 Å². The molecular formula is C16H16O. The molecular weight excluding hydrogens is 208 g/mol. The first-order valence-electron chi connectivity index (χ1n) is 6.09. The van der Waals surface area contributed by atoms with Crippen molar-refractivity contribution < 1.29 is 5.11 Å². The molecule has 1 heteroatoms. The van der Waals surface area contributed by atoms with Crippen LogP contribution < -0.4 is 0 Å². The van der Waals surface area contributed by atoms with Gasteiger partial charge in [0, 0.05) is 5.92 Å². The van der Waals surface area contributed by atoms with Crippen molar-refractivity contribution in [3.05, 3.63) is 60.2 Å². The minimum absolute atomic E-state index is 0.198. The third kappa shape index (κ3) is 1.77. The second-order valence-electron chi connectivity index (χ2n) is 4.84. The predicted molar refractivity (Wildman–Crippen MR) is 71.0 cm³/mol. The van der Waals surface area contributed by atoms with Crippen molar-refractivity contribution in [1.82, 2.24) is 0 Å². The molecule has 2 atom stereocenters. The Morgan fingerprint density at radius 3 is 2.24 bits per heavy atom. The van der Waals surface area contributed by atoms with Crippen LogP contribution in [0.1, 0.15) is 11.1 Å². The number of hydrogen-bond donors (Lipinski definition) is 1.